The van der Waals surface area contributed by atoms with E-state index in [1.54, 1.807) is 18.2 Å². The maximum atomic E-state index is 12.4. The van der Waals surface area contributed by atoms with Crippen LogP contribution in [0.1, 0.15) is 13.3 Å². The van der Waals surface area contributed by atoms with Crippen LogP contribution in [0, 0.1) is 0 Å². The Kier molecular flexibility index (Phi) is 5.23. The zero-order valence-corrected chi connectivity index (χ0v) is 12.3. The van der Waals surface area contributed by atoms with Crippen LogP contribution < -0.4 is 11.1 Å². The summed E-state index contributed by atoms with van der Waals surface area (Å²) in [5.41, 5.74) is 6.87. The number of hydrogen-bond donors (Lipinski definition) is 2. The minimum Gasteiger partial charge on any atom is -0.397 e. The van der Waals surface area contributed by atoms with Crippen LogP contribution in [0.2, 0.25) is 5.02 Å². The van der Waals surface area contributed by atoms with Gasteiger partial charge in [-0.15, -0.1) is 0 Å². The second-order valence-corrected chi connectivity index (χ2v) is 5.21. The summed E-state index contributed by atoms with van der Waals surface area (Å²) in [6.45, 7) is 4.94. The lowest BCUT2D eigenvalue weighted by molar-refractivity contribution is -0.123. The zero-order chi connectivity index (χ0) is 14.5. The van der Waals surface area contributed by atoms with Crippen molar-refractivity contribution in [1.82, 2.24) is 4.90 Å². The number of morpholine rings is 1. The van der Waals surface area contributed by atoms with Crippen molar-refractivity contribution in [3.05, 3.63) is 23.2 Å². The van der Waals surface area contributed by atoms with E-state index in [1.165, 1.54) is 0 Å². The Labute approximate surface area is 124 Å². The molecular formula is C14H20ClN3O2. The topological polar surface area (TPSA) is 67.6 Å². The SMILES string of the molecule is CCC(C(=O)Nc1ccc(Cl)c(N)c1)N1CCOCC1. The van der Waals surface area contributed by atoms with E-state index in [4.69, 9.17) is 22.1 Å². The second-order valence-electron chi connectivity index (χ2n) is 4.80. The fraction of sp³-hybridized carbons (Fsp3) is 0.500. The molecule has 1 saturated heterocycles. The monoisotopic (exact) mass is 297 g/mol. The number of benzene rings is 1. The van der Waals surface area contributed by atoms with Crippen molar-refractivity contribution in [3.63, 3.8) is 0 Å². The summed E-state index contributed by atoms with van der Waals surface area (Å²) in [4.78, 5) is 14.5. The molecule has 20 heavy (non-hydrogen) atoms. The maximum absolute atomic E-state index is 12.4. The minimum absolute atomic E-state index is 0.0175. The molecule has 1 heterocycles. The Bertz CT molecular complexity index is 475. The van der Waals surface area contributed by atoms with Crippen molar-refractivity contribution in [2.24, 2.45) is 0 Å². The van der Waals surface area contributed by atoms with Crippen molar-refractivity contribution in [3.8, 4) is 0 Å². The summed E-state index contributed by atoms with van der Waals surface area (Å²) in [5, 5.41) is 3.39. The highest BCUT2D eigenvalue weighted by Gasteiger charge is 2.25. The van der Waals surface area contributed by atoms with Gasteiger partial charge in [0.15, 0.2) is 0 Å². The molecule has 1 atom stereocenters. The first kappa shape index (κ1) is 15.1. The largest absolute Gasteiger partial charge is 0.397 e. The standard InChI is InChI=1S/C14H20ClN3O2/c1-2-13(18-5-7-20-8-6-18)14(19)17-10-3-4-11(15)12(16)9-10/h3-4,9,13H,2,5-8,16H2,1H3,(H,17,19). The van der Waals surface area contributed by atoms with E-state index in [0.717, 1.165) is 19.5 Å². The molecule has 1 unspecified atom stereocenters. The Morgan fingerprint density at radius 3 is 2.80 bits per heavy atom. The van der Waals surface area contributed by atoms with Crippen LogP contribution in [0.25, 0.3) is 0 Å². The van der Waals surface area contributed by atoms with E-state index >= 15 is 0 Å². The van der Waals surface area contributed by atoms with E-state index in [1.807, 2.05) is 6.92 Å². The number of halogens is 1. The third-order valence-electron chi connectivity index (χ3n) is 3.44. The molecule has 0 radical (unpaired) electrons. The molecule has 1 aromatic rings. The highest BCUT2D eigenvalue weighted by Crippen LogP contribution is 2.22. The molecule has 1 aromatic carbocycles. The van der Waals surface area contributed by atoms with E-state index in [9.17, 15) is 4.79 Å². The summed E-state index contributed by atoms with van der Waals surface area (Å²) >= 11 is 5.87. The van der Waals surface area contributed by atoms with Crippen molar-refractivity contribution in [1.29, 1.82) is 0 Å². The van der Waals surface area contributed by atoms with Gasteiger partial charge in [-0.05, 0) is 24.6 Å². The Balaban J connectivity index is 2.02. The lowest BCUT2D eigenvalue weighted by Crippen LogP contribution is -2.48. The maximum Gasteiger partial charge on any atom is 0.241 e. The van der Waals surface area contributed by atoms with Gasteiger partial charge in [-0.3, -0.25) is 9.69 Å². The van der Waals surface area contributed by atoms with E-state index in [-0.39, 0.29) is 11.9 Å². The highest BCUT2D eigenvalue weighted by atomic mass is 35.5. The summed E-state index contributed by atoms with van der Waals surface area (Å²) in [6, 6.07) is 4.97. The van der Waals surface area contributed by atoms with E-state index in [0.29, 0.717) is 29.6 Å². The predicted molar refractivity (Wildman–Crippen MR) is 81.0 cm³/mol. The normalized spacial score (nSPS) is 17.7. The van der Waals surface area contributed by atoms with Gasteiger partial charge in [0.1, 0.15) is 0 Å². The lowest BCUT2D eigenvalue weighted by atomic mass is 10.1. The molecule has 2 rings (SSSR count). The van der Waals surface area contributed by atoms with Crippen LogP contribution in [-0.4, -0.2) is 43.2 Å². The Hall–Kier alpha value is -1.30. The molecular weight excluding hydrogens is 278 g/mol. The van der Waals surface area contributed by atoms with Crippen LogP contribution >= 0.6 is 11.6 Å². The molecule has 0 aromatic heterocycles. The van der Waals surface area contributed by atoms with Crippen molar-refractivity contribution < 1.29 is 9.53 Å². The number of nitrogen functional groups attached to an aromatic ring is 1. The number of nitrogens with one attached hydrogen (secondary N) is 1. The minimum atomic E-state index is -0.143. The van der Waals surface area contributed by atoms with Gasteiger partial charge in [0, 0.05) is 18.8 Å². The molecule has 0 bridgehead atoms. The van der Waals surface area contributed by atoms with Gasteiger partial charge in [0.2, 0.25) is 5.91 Å². The summed E-state index contributed by atoms with van der Waals surface area (Å²) < 4.78 is 5.32. The summed E-state index contributed by atoms with van der Waals surface area (Å²) in [5.74, 6) is -0.0175. The van der Waals surface area contributed by atoms with Crippen molar-refractivity contribution in [2.45, 2.75) is 19.4 Å². The molecule has 110 valence electrons. The molecule has 6 heteroatoms. The van der Waals surface area contributed by atoms with Gasteiger partial charge in [0.05, 0.1) is 30.0 Å². The van der Waals surface area contributed by atoms with Gasteiger partial charge in [-0.1, -0.05) is 18.5 Å². The van der Waals surface area contributed by atoms with Crippen LogP contribution in [0.4, 0.5) is 11.4 Å². The number of ether oxygens (including phenoxy) is 1. The van der Waals surface area contributed by atoms with E-state index < -0.39 is 0 Å². The number of nitrogens with zero attached hydrogens (tertiary/aromatic N) is 1. The number of amides is 1. The Morgan fingerprint density at radius 2 is 2.20 bits per heavy atom. The van der Waals surface area contributed by atoms with Gasteiger partial charge in [-0.25, -0.2) is 0 Å². The fourth-order valence-electron chi connectivity index (χ4n) is 2.35. The third kappa shape index (κ3) is 3.62. The van der Waals surface area contributed by atoms with Crippen molar-refractivity contribution >= 4 is 28.9 Å². The third-order valence-corrected chi connectivity index (χ3v) is 3.78. The zero-order valence-electron chi connectivity index (χ0n) is 11.6. The van der Waals surface area contributed by atoms with Gasteiger partial charge in [0.25, 0.3) is 0 Å². The van der Waals surface area contributed by atoms with Gasteiger partial charge in [-0.2, -0.15) is 0 Å². The van der Waals surface area contributed by atoms with Crippen LogP contribution in [0.5, 0.6) is 0 Å². The molecule has 1 aliphatic heterocycles. The second kappa shape index (κ2) is 6.92. The predicted octanol–water partition coefficient (Wildman–Crippen LogP) is 1.97. The molecule has 1 fully saturated rings. The number of rotatable bonds is 4. The van der Waals surface area contributed by atoms with E-state index in [2.05, 4.69) is 10.2 Å². The number of hydrogen-bond acceptors (Lipinski definition) is 4. The lowest BCUT2D eigenvalue weighted by Gasteiger charge is -2.32. The molecule has 3 N–H and O–H groups in total. The van der Waals surface area contributed by atoms with Crippen LogP contribution in [-0.2, 0) is 9.53 Å². The summed E-state index contributed by atoms with van der Waals surface area (Å²) in [6.07, 6.45) is 0.759. The molecule has 0 aliphatic carbocycles. The molecule has 0 saturated carbocycles. The smallest absolute Gasteiger partial charge is 0.241 e. The molecule has 1 aliphatic rings. The first-order chi connectivity index (χ1) is 9.61. The number of anilines is 2. The van der Waals surface area contributed by atoms with Crippen LogP contribution in [0.15, 0.2) is 18.2 Å². The molecule has 5 nitrogen and oxygen atoms in total. The first-order valence-electron chi connectivity index (χ1n) is 6.79. The first-order valence-corrected chi connectivity index (χ1v) is 7.17. The Morgan fingerprint density at radius 1 is 1.50 bits per heavy atom. The average molecular weight is 298 g/mol. The quantitative estimate of drug-likeness (QED) is 0.834. The molecule has 1 amide bonds. The summed E-state index contributed by atoms with van der Waals surface area (Å²) in [7, 11) is 0. The van der Waals surface area contributed by atoms with Gasteiger partial charge < -0.3 is 15.8 Å². The van der Waals surface area contributed by atoms with Crippen LogP contribution in [0.3, 0.4) is 0 Å². The molecule has 0 spiro atoms. The average Bonchev–Trinajstić information content (AvgIpc) is 2.45. The number of carbonyl (C=O) groups excluding carboxylic acids is 1. The van der Waals surface area contributed by atoms with Gasteiger partial charge >= 0.3 is 0 Å². The number of nitrogens with two attached hydrogens (primary N) is 1. The van der Waals surface area contributed by atoms with Crippen molar-refractivity contribution in [2.75, 3.05) is 37.4 Å². The fourth-order valence-corrected chi connectivity index (χ4v) is 2.46. The highest BCUT2D eigenvalue weighted by molar-refractivity contribution is 6.33. The number of carbonyl (C=O) groups is 1.